The second-order valence-electron chi connectivity index (χ2n) is 11.2. The van der Waals surface area contributed by atoms with Crippen LogP contribution in [0.15, 0.2) is 51.2 Å². The fraction of sp³-hybridized carbons (Fsp3) is 0.419. The summed E-state index contributed by atoms with van der Waals surface area (Å²) in [4.78, 5) is 76.9. The lowest BCUT2D eigenvalue weighted by Crippen LogP contribution is -2.48. The fourth-order valence-electron chi connectivity index (χ4n) is 4.85. The van der Waals surface area contributed by atoms with E-state index in [0.717, 1.165) is 13.7 Å². The number of carbonyl (C=O) groups is 3. The van der Waals surface area contributed by atoms with Crippen LogP contribution in [0.2, 0.25) is 0 Å². The molecule has 3 rings (SSSR count). The molecule has 0 bridgehead atoms. The highest BCUT2D eigenvalue weighted by Crippen LogP contribution is 2.13. The minimum atomic E-state index is -0.736. The number of nitrogens with two attached hydrogens (primary N) is 1. The SMILES string of the molecule is Cn1ccc(C(=O)NCCN(CCNC(=O)c2ccn(C)c(=O)c2O)CC(CCCCN)NC(=O)c2ccn(C)c(=O)c2O)c(O)c1=O. The van der Waals surface area contributed by atoms with E-state index in [1.165, 1.54) is 57.9 Å². The number of carbonyl (C=O) groups excluding carboxylic acids is 3. The Morgan fingerprint density at radius 1 is 0.708 bits per heavy atom. The van der Waals surface area contributed by atoms with E-state index >= 15 is 0 Å². The number of aromatic nitrogens is 3. The summed E-state index contributed by atoms with van der Waals surface area (Å²) in [6, 6.07) is 3.41. The molecule has 8 N–H and O–H groups in total. The monoisotopic (exact) mass is 670 g/mol. The van der Waals surface area contributed by atoms with Crippen LogP contribution in [0, 0.1) is 0 Å². The van der Waals surface area contributed by atoms with Crippen molar-refractivity contribution in [2.75, 3.05) is 39.3 Å². The van der Waals surface area contributed by atoms with Gasteiger partial charge >= 0.3 is 0 Å². The number of pyridine rings is 3. The standard InChI is InChI=1S/C31H42N8O9/c1-36-13-7-20(23(40)29(36)46)26(43)33-11-16-39(17-12-34-27(44)21-8-14-37(2)30(47)24(21)41)18-19(6-4-5-10-32)35-28(45)22-9-15-38(3)31(48)25(22)42/h7-9,13-15,19,40-42H,4-6,10-12,16-18,32H2,1-3H3,(H,33,43)(H,34,44)(H,35,45). The van der Waals surface area contributed by atoms with Gasteiger partial charge in [0.2, 0.25) is 0 Å². The zero-order chi connectivity index (χ0) is 35.5. The van der Waals surface area contributed by atoms with E-state index in [9.17, 15) is 44.1 Å². The topological polar surface area (TPSA) is 243 Å². The van der Waals surface area contributed by atoms with Crippen molar-refractivity contribution in [3.8, 4) is 17.2 Å². The molecule has 0 aliphatic heterocycles. The maximum absolute atomic E-state index is 13.2. The highest BCUT2D eigenvalue weighted by Gasteiger charge is 2.22. The van der Waals surface area contributed by atoms with E-state index in [1.807, 2.05) is 4.90 Å². The molecule has 1 unspecified atom stereocenters. The number of nitrogens with zero attached hydrogens (tertiary/aromatic N) is 4. The molecule has 0 saturated carbocycles. The summed E-state index contributed by atoms with van der Waals surface area (Å²) in [7, 11) is 4.30. The molecule has 3 aromatic heterocycles. The van der Waals surface area contributed by atoms with Crippen molar-refractivity contribution < 1.29 is 29.7 Å². The summed E-state index contributed by atoms with van der Waals surface area (Å²) >= 11 is 0. The van der Waals surface area contributed by atoms with E-state index < -0.39 is 57.7 Å². The van der Waals surface area contributed by atoms with Crippen LogP contribution in [0.5, 0.6) is 17.2 Å². The van der Waals surface area contributed by atoms with E-state index in [2.05, 4.69) is 16.0 Å². The molecule has 3 heterocycles. The predicted molar refractivity (Wildman–Crippen MR) is 175 cm³/mol. The summed E-state index contributed by atoms with van der Waals surface area (Å²) in [5.74, 6) is -4.14. The smallest absolute Gasteiger partial charge is 0.293 e. The van der Waals surface area contributed by atoms with Crippen LogP contribution in [0.3, 0.4) is 0 Å². The zero-order valence-corrected chi connectivity index (χ0v) is 27.1. The number of nitrogens with one attached hydrogen (secondary N) is 3. The predicted octanol–water partition coefficient (Wildman–Crippen LogP) is -1.71. The molecule has 3 amide bonds. The molecule has 0 aromatic carbocycles. The fourth-order valence-corrected chi connectivity index (χ4v) is 4.85. The van der Waals surface area contributed by atoms with E-state index in [-0.39, 0.29) is 49.4 Å². The third kappa shape index (κ3) is 9.32. The number of hydrogen-bond donors (Lipinski definition) is 7. The number of amides is 3. The Labute approximate surface area is 275 Å². The normalized spacial score (nSPS) is 11.7. The highest BCUT2D eigenvalue weighted by atomic mass is 16.3. The first-order valence-electron chi connectivity index (χ1n) is 15.2. The Balaban J connectivity index is 1.78. The quantitative estimate of drug-likeness (QED) is 0.0846. The van der Waals surface area contributed by atoms with Gasteiger partial charge in [0.1, 0.15) is 0 Å². The third-order valence-corrected chi connectivity index (χ3v) is 7.71. The molecule has 0 spiro atoms. The number of aromatic hydroxyl groups is 3. The first-order valence-corrected chi connectivity index (χ1v) is 15.2. The van der Waals surface area contributed by atoms with Crippen molar-refractivity contribution in [3.63, 3.8) is 0 Å². The molecule has 0 saturated heterocycles. The van der Waals surface area contributed by atoms with Gasteiger partial charge in [0.25, 0.3) is 34.4 Å². The summed E-state index contributed by atoms with van der Waals surface area (Å²) in [5, 5.41) is 38.8. The van der Waals surface area contributed by atoms with Crippen molar-refractivity contribution in [1.82, 2.24) is 34.6 Å². The maximum atomic E-state index is 13.2. The molecule has 48 heavy (non-hydrogen) atoms. The Morgan fingerprint density at radius 2 is 1.10 bits per heavy atom. The van der Waals surface area contributed by atoms with Gasteiger partial charge in [0.05, 0.1) is 16.7 Å². The summed E-state index contributed by atoms with van der Waals surface area (Å²) in [6.07, 6.45) is 5.82. The van der Waals surface area contributed by atoms with Gasteiger partial charge in [-0.3, -0.25) is 33.7 Å². The number of unbranched alkanes of at least 4 members (excludes halogenated alkanes) is 1. The van der Waals surface area contributed by atoms with Crippen molar-refractivity contribution in [3.05, 3.63) is 84.5 Å². The van der Waals surface area contributed by atoms with Gasteiger partial charge in [-0.15, -0.1) is 0 Å². The molecule has 17 nitrogen and oxygen atoms in total. The zero-order valence-electron chi connectivity index (χ0n) is 27.1. The second kappa shape index (κ2) is 16.9. The largest absolute Gasteiger partial charge is 0.502 e. The van der Waals surface area contributed by atoms with Crippen LogP contribution in [0.4, 0.5) is 0 Å². The molecule has 260 valence electrons. The first-order chi connectivity index (χ1) is 22.8. The molecular formula is C31H42N8O9. The van der Waals surface area contributed by atoms with Crippen LogP contribution in [0.1, 0.15) is 50.3 Å². The maximum Gasteiger partial charge on any atom is 0.293 e. The molecule has 0 fully saturated rings. The number of aryl methyl sites for hydroxylation is 3. The summed E-state index contributed by atoms with van der Waals surface area (Å²) in [5.41, 5.74) is 2.86. The van der Waals surface area contributed by atoms with Crippen LogP contribution in [-0.4, -0.2) is 97.0 Å². The summed E-state index contributed by atoms with van der Waals surface area (Å²) < 4.78 is 3.39. The highest BCUT2D eigenvalue weighted by molar-refractivity contribution is 5.97. The Morgan fingerprint density at radius 3 is 1.50 bits per heavy atom. The number of hydrogen-bond acceptors (Lipinski definition) is 11. The second-order valence-corrected chi connectivity index (χ2v) is 11.2. The van der Waals surface area contributed by atoms with Gasteiger partial charge in [0.15, 0.2) is 17.2 Å². The van der Waals surface area contributed by atoms with Crippen molar-refractivity contribution >= 4 is 17.7 Å². The molecule has 17 heteroatoms. The van der Waals surface area contributed by atoms with Crippen LogP contribution in [-0.2, 0) is 21.1 Å². The van der Waals surface area contributed by atoms with E-state index in [4.69, 9.17) is 5.73 Å². The van der Waals surface area contributed by atoms with Crippen LogP contribution in [0.25, 0.3) is 0 Å². The van der Waals surface area contributed by atoms with Gasteiger partial charge in [-0.25, -0.2) is 0 Å². The van der Waals surface area contributed by atoms with Crippen LogP contribution < -0.4 is 38.4 Å². The van der Waals surface area contributed by atoms with E-state index in [0.29, 0.717) is 25.8 Å². The molecule has 0 radical (unpaired) electrons. The van der Waals surface area contributed by atoms with E-state index in [1.54, 1.807) is 0 Å². The minimum absolute atomic E-state index is 0.0376. The lowest BCUT2D eigenvalue weighted by molar-refractivity contribution is 0.0917. The molecule has 0 aliphatic rings. The first kappa shape index (κ1) is 37.0. The summed E-state index contributed by atoms with van der Waals surface area (Å²) in [6.45, 7) is 1.06. The molecule has 3 aromatic rings. The third-order valence-electron chi connectivity index (χ3n) is 7.71. The number of rotatable bonds is 16. The average molecular weight is 671 g/mol. The molecule has 1 atom stereocenters. The Hall–Kier alpha value is -5.42. The van der Waals surface area contributed by atoms with Gasteiger partial charge < -0.3 is 50.7 Å². The Bertz CT molecular complexity index is 1730. The van der Waals surface area contributed by atoms with Crippen molar-refractivity contribution in [2.45, 2.75) is 25.3 Å². The lowest BCUT2D eigenvalue weighted by Gasteiger charge is -2.28. The lowest BCUT2D eigenvalue weighted by atomic mass is 10.1. The molecular weight excluding hydrogens is 628 g/mol. The Kier molecular flexibility index (Phi) is 13.1. The minimum Gasteiger partial charge on any atom is -0.502 e. The van der Waals surface area contributed by atoms with Gasteiger partial charge in [-0.05, 0) is 37.6 Å². The molecule has 0 aliphatic carbocycles. The van der Waals surface area contributed by atoms with Crippen molar-refractivity contribution in [2.24, 2.45) is 26.9 Å². The van der Waals surface area contributed by atoms with Gasteiger partial charge in [-0.1, -0.05) is 6.42 Å². The van der Waals surface area contributed by atoms with Crippen molar-refractivity contribution in [1.29, 1.82) is 0 Å². The van der Waals surface area contributed by atoms with Crippen LogP contribution >= 0.6 is 0 Å². The average Bonchev–Trinajstić information content (AvgIpc) is 3.04. The van der Waals surface area contributed by atoms with Gasteiger partial charge in [-0.2, -0.15) is 0 Å². The van der Waals surface area contributed by atoms with Gasteiger partial charge in [0, 0.05) is 78.5 Å².